The summed E-state index contributed by atoms with van der Waals surface area (Å²) < 4.78 is 11.7. The number of hydrogen-bond donors (Lipinski definition) is 1. The fourth-order valence-corrected chi connectivity index (χ4v) is 2.26. The van der Waals surface area contributed by atoms with Gasteiger partial charge in [-0.25, -0.2) is 9.50 Å². The van der Waals surface area contributed by atoms with Crippen LogP contribution in [0.2, 0.25) is 0 Å². The first-order valence-electron chi connectivity index (χ1n) is 7.49. The molecule has 0 atom stereocenters. The SMILES string of the molecule is COCCc1noc(CNC(=O)c2cc(C)n3nc(C)cc3n2)n1. The van der Waals surface area contributed by atoms with Gasteiger partial charge in [0.2, 0.25) is 5.89 Å². The third-order valence-corrected chi connectivity index (χ3v) is 3.40. The monoisotopic (exact) mass is 330 g/mol. The third-order valence-electron chi connectivity index (χ3n) is 3.40. The molecule has 3 rings (SSSR count). The lowest BCUT2D eigenvalue weighted by Crippen LogP contribution is -2.24. The van der Waals surface area contributed by atoms with Crippen molar-refractivity contribution in [3.8, 4) is 0 Å². The van der Waals surface area contributed by atoms with Crippen molar-refractivity contribution >= 4 is 11.6 Å². The molecule has 0 unspecified atom stereocenters. The number of nitrogens with zero attached hydrogens (tertiary/aromatic N) is 5. The van der Waals surface area contributed by atoms with Crippen LogP contribution < -0.4 is 5.32 Å². The Hall–Kier alpha value is -2.81. The molecule has 1 amide bonds. The lowest BCUT2D eigenvalue weighted by molar-refractivity contribution is 0.0941. The molecule has 3 aromatic rings. The van der Waals surface area contributed by atoms with Crippen LogP contribution in [0.4, 0.5) is 0 Å². The van der Waals surface area contributed by atoms with Crippen LogP contribution in [0.15, 0.2) is 16.7 Å². The highest BCUT2D eigenvalue weighted by molar-refractivity contribution is 5.92. The molecule has 0 saturated carbocycles. The lowest BCUT2D eigenvalue weighted by Gasteiger charge is -2.04. The van der Waals surface area contributed by atoms with Crippen LogP contribution in [0.3, 0.4) is 0 Å². The maximum Gasteiger partial charge on any atom is 0.270 e. The zero-order valence-electron chi connectivity index (χ0n) is 13.7. The Kier molecular flexibility index (Phi) is 4.52. The molecule has 9 nitrogen and oxygen atoms in total. The lowest BCUT2D eigenvalue weighted by atomic mass is 10.3. The number of methoxy groups -OCH3 is 1. The van der Waals surface area contributed by atoms with E-state index in [4.69, 9.17) is 9.26 Å². The Labute approximate surface area is 138 Å². The molecular formula is C15H18N6O3. The van der Waals surface area contributed by atoms with Crippen LogP contribution in [0, 0.1) is 13.8 Å². The Balaban J connectivity index is 1.67. The highest BCUT2D eigenvalue weighted by atomic mass is 16.5. The quantitative estimate of drug-likeness (QED) is 0.714. The number of amides is 1. The van der Waals surface area contributed by atoms with E-state index in [1.807, 2.05) is 19.9 Å². The Morgan fingerprint density at radius 1 is 1.33 bits per heavy atom. The second-order valence-electron chi connectivity index (χ2n) is 5.37. The van der Waals surface area contributed by atoms with Gasteiger partial charge in [0, 0.05) is 25.3 Å². The zero-order valence-corrected chi connectivity index (χ0v) is 13.7. The van der Waals surface area contributed by atoms with Gasteiger partial charge in [0.1, 0.15) is 5.69 Å². The number of fused-ring (bicyclic) bond motifs is 1. The summed E-state index contributed by atoms with van der Waals surface area (Å²) in [6, 6.07) is 3.51. The van der Waals surface area contributed by atoms with Gasteiger partial charge < -0.3 is 14.6 Å². The number of carbonyl (C=O) groups excluding carboxylic acids is 1. The summed E-state index contributed by atoms with van der Waals surface area (Å²) in [5.74, 6) is 0.578. The zero-order chi connectivity index (χ0) is 17.1. The standard InChI is InChI=1S/C15H18N6O3/c1-9-6-13-17-11(7-10(2)21(13)19-9)15(22)16-8-14-18-12(20-24-14)4-5-23-3/h6-7H,4-5,8H2,1-3H3,(H,16,22). The molecule has 0 aliphatic carbocycles. The maximum atomic E-state index is 12.3. The number of aromatic nitrogens is 5. The van der Waals surface area contributed by atoms with Crippen LogP contribution in [-0.4, -0.2) is 44.4 Å². The van der Waals surface area contributed by atoms with E-state index in [0.717, 1.165) is 11.4 Å². The summed E-state index contributed by atoms with van der Waals surface area (Å²) >= 11 is 0. The molecule has 0 bridgehead atoms. The van der Waals surface area contributed by atoms with Gasteiger partial charge in [0.15, 0.2) is 11.5 Å². The van der Waals surface area contributed by atoms with E-state index in [1.165, 1.54) is 0 Å². The number of hydrogen-bond acceptors (Lipinski definition) is 7. The average Bonchev–Trinajstić information content (AvgIpc) is 3.16. The predicted molar refractivity (Wildman–Crippen MR) is 83.5 cm³/mol. The summed E-state index contributed by atoms with van der Waals surface area (Å²) in [6.07, 6.45) is 0.561. The van der Waals surface area contributed by atoms with Crippen LogP contribution in [0.25, 0.3) is 5.65 Å². The number of ether oxygens (including phenoxy) is 1. The Morgan fingerprint density at radius 3 is 2.96 bits per heavy atom. The van der Waals surface area contributed by atoms with Crippen molar-refractivity contribution in [2.45, 2.75) is 26.8 Å². The van der Waals surface area contributed by atoms with Gasteiger partial charge in [-0.3, -0.25) is 4.79 Å². The molecule has 3 heterocycles. The van der Waals surface area contributed by atoms with Crippen molar-refractivity contribution in [2.24, 2.45) is 0 Å². The van der Waals surface area contributed by atoms with E-state index >= 15 is 0 Å². The summed E-state index contributed by atoms with van der Waals surface area (Å²) in [5.41, 5.74) is 2.63. The van der Waals surface area contributed by atoms with Gasteiger partial charge in [-0.05, 0) is 19.9 Å². The first-order valence-corrected chi connectivity index (χ1v) is 7.49. The van der Waals surface area contributed by atoms with E-state index in [1.54, 1.807) is 17.7 Å². The highest BCUT2D eigenvalue weighted by Crippen LogP contribution is 2.09. The van der Waals surface area contributed by atoms with Crippen LogP contribution in [0.1, 0.15) is 33.6 Å². The second kappa shape index (κ2) is 6.75. The van der Waals surface area contributed by atoms with Crippen LogP contribution in [-0.2, 0) is 17.7 Å². The third kappa shape index (κ3) is 3.40. The van der Waals surface area contributed by atoms with E-state index in [-0.39, 0.29) is 12.5 Å². The van der Waals surface area contributed by atoms with Gasteiger partial charge in [0.25, 0.3) is 5.91 Å². The van der Waals surface area contributed by atoms with Gasteiger partial charge in [-0.15, -0.1) is 0 Å². The highest BCUT2D eigenvalue weighted by Gasteiger charge is 2.13. The molecule has 1 N–H and O–H groups in total. The molecule has 0 radical (unpaired) electrons. The molecule has 0 aliphatic rings. The Morgan fingerprint density at radius 2 is 2.17 bits per heavy atom. The smallest absolute Gasteiger partial charge is 0.270 e. The number of rotatable bonds is 6. The van der Waals surface area contributed by atoms with Gasteiger partial charge in [-0.2, -0.15) is 10.1 Å². The van der Waals surface area contributed by atoms with Crippen molar-refractivity contribution in [3.05, 3.63) is 40.9 Å². The average molecular weight is 330 g/mol. The fourth-order valence-electron chi connectivity index (χ4n) is 2.26. The molecule has 3 aromatic heterocycles. The van der Waals surface area contributed by atoms with E-state index in [9.17, 15) is 4.79 Å². The molecule has 0 fully saturated rings. The van der Waals surface area contributed by atoms with Crippen molar-refractivity contribution in [1.29, 1.82) is 0 Å². The predicted octanol–water partition coefficient (Wildman–Crippen LogP) is 0.848. The minimum atomic E-state index is -0.309. The minimum absolute atomic E-state index is 0.142. The fraction of sp³-hybridized carbons (Fsp3) is 0.400. The first kappa shape index (κ1) is 16.1. The Bertz CT molecular complexity index is 869. The van der Waals surface area contributed by atoms with Crippen LogP contribution in [0.5, 0.6) is 0 Å². The van der Waals surface area contributed by atoms with E-state index in [2.05, 4.69) is 25.5 Å². The molecule has 24 heavy (non-hydrogen) atoms. The molecule has 0 spiro atoms. The summed E-state index contributed by atoms with van der Waals surface area (Å²) in [5, 5.41) is 10.9. The van der Waals surface area contributed by atoms with Gasteiger partial charge >= 0.3 is 0 Å². The van der Waals surface area contributed by atoms with Gasteiger partial charge in [0.05, 0.1) is 18.8 Å². The van der Waals surface area contributed by atoms with E-state index in [0.29, 0.717) is 36.1 Å². The molecule has 9 heteroatoms. The summed E-state index contributed by atoms with van der Waals surface area (Å²) in [4.78, 5) is 20.8. The molecular weight excluding hydrogens is 312 g/mol. The van der Waals surface area contributed by atoms with Gasteiger partial charge in [-0.1, -0.05) is 5.16 Å². The summed E-state index contributed by atoms with van der Waals surface area (Å²) in [6.45, 7) is 4.41. The molecule has 0 saturated heterocycles. The summed E-state index contributed by atoms with van der Waals surface area (Å²) in [7, 11) is 1.61. The first-order chi connectivity index (χ1) is 11.6. The van der Waals surface area contributed by atoms with Crippen molar-refractivity contribution < 1.29 is 14.1 Å². The normalized spacial score (nSPS) is 11.1. The molecule has 126 valence electrons. The van der Waals surface area contributed by atoms with E-state index < -0.39 is 0 Å². The van der Waals surface area contributed by atoms with Crippen molar-refractivity contribution in [2.75, 3.05) is 13.7 Å². The molecule has 0 aromatic carbocycles. The molecule has 0 aliphatic heterocycles. The topological polar surface area (TPSA) is 107 Å². The van der Waals surface area contributed by atoms with Crippen LogP contribution >= 0.6 is 0 Å². The van der Waals surface area contributed by atoms with Crippen molar-refractivity contribution in [1.82, 2.24) is 30.1 Å². The van der Waals surface area contributed by atoms with Crippen molar-refractivity contribution in [3.63, 3.8) is 0 Å². The number of aryl methyl sites for hydroxylation is 2. The number of carbonyl (C=O) groups is 1. The largest absolute Gasteiger partial charge is 0.384 e. The minimum Gasteiger partial charge on any atom is -0.384 e. The maximum absolute atomic E-state index is 12.3. The number of nitrogens with one attached hydrogen (secondary N) is 1. The second-order valence-corrected chi connectivity index (χ2v) is 5.37.